The minimum absolute atomic E-state index is 0.101. The van der Waals surface area contributed by atoms with E-state index in [9.17, 15) is 18.0 Å². The SMILES string of the molecule is Cc1cc2c(cc1S(=O)(=O)N1CCN(C(=O)c3ccccc3)CC1)OC(C)C(=O)N2. The van der Waals surface area contributed by atoms with E-state index in [0.717, 1.165) is 0 Å². The highest BCUT2D eigenvalue weighted by Gasteiger charge is 2.33. The number of fused-ring (bicyclic) bond motifs is 1. The summed E-state index contributed by atoms with van der Waals surface area (Å²) in [6, 6.07) is 12.0. The Morgan fingerprint density at radius 1 is 1.10 bits per heavy atom. The number of benzene rings is 2. The predicted octanol–water partition coefficient (Wildman–Crippen LogP) is 1.86. The molecule has 0 bridgehead atoms. The summed E-state index contributed by atoms with van der Waals surface area (Å²) in [5, 5.41) is 2.73. The minimum atomic E-state index is -3.77. The van der Waals surface area contributed by atoms with E-state index in [1.165, 1.54) is 10.4 Å². The van der Waals surface area contributed by atoms with Crippen LogP contribution < -0.4 is 10.1 Å². The van der Waals surface area contributed by atoms with E-state index >= 15 is 0 Å². The third-order valence-electron chi connectivity index (χ3n) is 5.37. The molecule has 0 spiro atoms. The highest BCUT2D eigenvalue weighted by Crippen LogP contribution is 2.35. The Hall–Kier alpha value is -2.91. The zero-order chi connectivity index (χ0) is 21.5. The second-order valence-electron chi connectivity index (χ2n) is 7.43. The molecule has 1 saturated heterocycles. The van der Waals surface area contributed by atoms with Gasteiger partial charge in [-0.1, -0.05) is 18.2 Å². The number of hydrogen-bond donors (Lipinski definition) is 1. The van der Waals surface area contributed by atoms with Crippen molar-refractivity contribution in [3.63, 3.8) is 0 Å². The first-order valence-electron chi connectivity index (χ1n) is 9.74. The Kier molecular flexibility index (Phi) is 5.25. The van der Waals surface area contributed by atoms with E-state index in [1.807, 2.05) is 6.07 Å². The Labute approximate surface area is 175 Å². The van der Waals surface area contributed by atoms with Crippen molar-refractivity contribution in [3.05, 3.63) is 53.6 Å². The zero-order valence-corrected chi connectivity index (χ0v) is 17.6. The number of amides is 2. The molecule has 0 saturated carbocycles. The van der Waals surface area contributed by atoms with Crippen molar-refractivity contribution in [2.24, 2.45) is 0 Å². The van der Waals surface area contributed by atoms with Gasteiger partial charge in [0.25, 0.3) is 11.8 Å². The van der Waals surface area contributed by atoms with Gasteiger partial charge in [-0.05, 0) is 37.6 Å². The van der Waals surface area contributed by atoms with Gasteiger partial charge in [0.05, 0.1) is 10.6 Å². The molecule has 2 aliphatic heterocycles. The molecule has 0 aliphatic carbocycles. The number of nitrogens with zero attached hydrogens (tertiary/aromatic N) is 2. The fourth-order valence-electron chi connectivity index (χ4n) is 3.65. The molecule has 1 fully saturated rings. The van der Waals surface area contributed by atoms with Crippen LogP contribution in [0.4, 0.5) is 5.69 Å². The molecule has 2 aromatic rings. The highest BCUT2D eigenvalue weighted by atomic mass is 32.2. The molecule has 2 aromatic carbocycles. The lowest BCUT2D eigenvalue weighted by Gasteiger charge is -2.34. The van der Waals surface area contributed by atoms with Gasteiger partial charge in [-0.3, -0.25) is 9.59 Å². The average Bonchev–Trinajstić information content (AvgIpc) is 2.74. The van der Waals surface area contributed by atoms with Crippen LogP contribution in [0.3, 0.4) is 0 Å². The molecule has 30 heavy (non-hydrogen) atoms. The van der Waals surface area contributed by atoms with Gasteiger partial charge in [0.2, 0.25) is 10.0 Å². The molecular formula is C21H23N3O5S. The van der Waals surface area contributed by atoms with Gasteiger partial charge in [0.15, 0.2) is 6.10 Å². The molecule has 0 radical (unpaired) electrons. The Balaban J connectivity index is 1.52. The number of sulfonamides is 1. The normalized spacial score (nSPS) is 19.6. The molecule has 1 unspecified atom stereocenters. The van der Waals surface area contributed by atoms with Crippen molar-refractivity contribution in [1.29, 1.82) is 0 Å². The van der Waals surface area contributed by atoms with E-state index in [1.54, 1.807) is 49.1 Å². The van der Waals surface area contributed by atoms with E-state index < -0.39 is 16.1 Å². The van der Waals surface area contributed by atoms with Crippen molar-refractivity contribution in [2.45, 2.75) is 24.8 Å². The third-order valence-corrected chi connectivity index (χ3v) is 7.41. The Morgan fingerprint density at radius 3 is 2.43 bits per heavy atom. The maximum Gasteiger partial charge on any atom is 0.265 e. The van der Waals surface area contributed by atoms with Crippen LogP contribution in [0.25, 0.3) is 0 Å². The first kappa shape index (κ1) is 20.4. The van der Waals surface area contributed by atoms with Crippen molar-refractivity contribution in [1.82, 2.24) is 9.21 Å². The summed E-state index contributed by atoms with van der Waals surface area (Å²) in [5.41, 5.74) is 1.58. The number of aryl methyl sites for hydroxylation is 1. The molecule has 1 atom stereocenters. The maximum atomic E-state index is 13.3. The molecule has 4 rings (SSSR count). The fourth-order valence-corrected chi connectivity index (χ4v) is 5.30. The molecular weight excluding hydrogens is 406 g/mol. The number of piperazine rings is 1. The first-order valence-corrected chi connectivity index (χ1v) is 11.2. The summed E-state index contributed by atoms with van der Waals surface area (Å²) < 4.78 is 33.5. The van der Waals surface area contributed by atoms with Crippen molar-refractivity contribution in [2.75, 3.05) is 31.5 Å². The van der Waals surface area contributed by atoms with Gasteiger partial charge in [-0.25, -0.2) is 8.42 Å². The van der Waals surface area contributed by atoms with Gasteiger partial charge < -0.3 is 15.0 Å². The van der Waals surface area contributed by atoms with Crippen LogP contribution in [0.15, 0.2) is 47.4 Å². The Morgan fingerprint density at radius 2 is 1.77 bits per heavy atom. The summed E-state index contributed by atoms with van der Waals surface area (Å²) in [5.74, 6) is -0.0309. The van der Waals surface area contributed by atoms with Gasteiger partial charge in [0.1, 0.15) is 5.75 Å². The molecule has 2 amide bonds. The molecule has 2 heterocycles. The van der Waals surface area contributed by atoms with E-state index in [2.05, 4.69) is 5.32 Å². The fraction of sp³-hybridized carbons (Fsp3) is 0.333. The number of hydrogen-bond acceptors (Lipinski definition) is 5. The van der Waals surface area contributed by atoms with Crippen LogP contribution in [0.2, 0.25) is 0 Å². The quantitative estimate of drug-likeness (QED) is 0.804. The number of carbonyl (C=O) groups is 2. The summed E-state index contributed by atoms with van der Waals surface area (Å²) in [6.07, 6.45) is -0.691. The highest BCUT2D eigenvalue weighted by molar-refractivity contribution is 7.89. The lowest BCUT2D eigenvalue weighted by Crippen LogP contribution is -2.50. The molecule has 2 aliphatic rings. The van der Waals surface area contributed by atoms with Crippen LogP contribution >= 0.6 is 0 Å². The summed E-state index contributed by atoms with van der Waals surface area (Å²) in [7, 11) is -3.77. The average molecular weight is 429 g/mol. The predicted molar refractivity (Wildman–Crippen MR) is 111 cm³/mol. The topological polar surface area (TPSA) is 96.0 Å². The number of anilines is 1. The van der Waals surface area contributed by atoms with Crippen LogP contribution in [-0.4, -0.2) is 61.7 Å². The first-order chi connectivity index (χ1) is 14.3. The summed E-state index contributed by atoms with van der Waals surface area (Å²) in [6.45, 7) is 4.36. The van der Waals surface area contributed by atoms with Crippen molar-refractivity contribution < 1.29 is 22.7 Å². The summed E-state index contributed by atoms with van der Waals surface area (Å²) in [4.78, 5) is 26.2. The second-order valence-corrected chi connectivity index (χ2v) is 9.33. The second kappa shape index (κ2) is 7.73. The number of carbonyl (C=O) groups excluding carboxylic acids is 2. The van der Waals surface area contributed by atoms with Crippen LogP contribution in [-0.2, 0) is 14.8 Å². The largest absolute Gasteiger partial charge is 0.479 e. The van der Waals surface area contributed by atoms with Gasteiger partial charge in [-0.2, -0.15) is 4.31 Å². The van der Waals surface area contributed by atoms with Gasteiger partial charge in [-0.15, -0.1) is 0 Å². The zero-order valence-electron chi connectivity index (χ0n) is 16.8. The molecule has 0 aromatic heterocycles. The molecule has 1 N–H and O–H groups in total. The number of nitrogens with one attached hydrogen (secondary N) is 1. The van der Waals surface area contributed by atoms with Crippen molar-refractivity contribution in [3.8, 4) is 5.75 Å². The number of ether oxygens (including phenoxy) is 1. The standard InChI is InChI=1S/C21H23N3O5S/c1-14-12-17-18(29-15(2)20(25)22-17)13-19(14)30(27,28)24-10-8-23(9-11-24)21(26)16-6-4-3-5-7-16/h3-7,12-13,15H,8-11H2,1-2H3,(H,22,25). The molecule has 158 valence electrons. The third kappa shape index (κ3) is 3.66. The van der Waals surface area contributed by atoms with Crippen LogP contribution in [0.1, 0.15) is 22.8 Å². The van der Waals surface area contributed by atoms with Gasteiger partial charge >= 0.3 is 0 Å². The van der Waals surface area contributed by atoms with E-state index in [4.69, 9.17) is 4.74 Å². The molecule has 9 heteroatoms. The van der Waals surface area contributed by atoms with Crippen LogP contribution in [0.5, 0.6) is 5.75 Å². The maximum absolute atomic E-state index is 13.3. The summed E-state index contributed by atoms with van der Waals surface area (Å²) >= 11 is 0. The van der Waals surface area contributed by atoms with Crippen LogP contribution in [0, 0.1) is 6.92 Å². The minimum Gasteiger partial charge on any atom is -0.479 e. The smallest absolute Gasteiger partial charge is 0.265 e. The van der Waals surface area contributed by atoms with Gasteiger partial charge in [0, 0.05) is 37.8 Å². The lowest BCUT2D eigenvalue weighted by atomic mass is 10.1. The van der Waals surface area contributed by atoms with E-state index in [0.29, 0.717) is 35.7 Å². The lowest BCUT2D eigenvalue weighted by molar-refractivity contribution is -0.122. The van der Waals surface area contributed by atoms with E-state index in [-0.39, 0.29) is 29.8 Å². The Bertz CT molecular complexity index is 1090. The van der Waals surface area contributed by atoms with Crippen molar-refractivity contribution >= 4 is 27.5 Å². The molecule has 8 nitrogen and oxygen atoms in total. The monoisotopic (exact) mass is 429 g/mol. The number of rotatable bonds is 3.